The lowest BCUT2D eigenvalue weighted by molar-refractivity contribution is -0.114. The van der Waals surface area contributed by atoms with Gasteiger partial charge in [0, 0.05) is 44.4 Å². The number of fused-ring (bicyclic) bond motifs is 2. The maximum atomic E-state index is 13.7. The maximum absolute atomic E-state index is 13.7. The molecule has 2 aliphatic heterocycles. The summed E-state index contributed by atoms with van der Waals surface area (Å²) in [5.41, 5.74) is 1.53. The van der Waals surface area contributed by atoms with Gasteiger partial charge in [0.2, 0.25) is 11.7 Å². The molecule has 0 spiro atoms. The summed E-state index contributed by atoms with van der Waals surface area (Å²) in [5, 5.41) is 14.4. The zero-order chi connectivity index (χ0) is 23.9. The van der Waals surface area contributed by atoms with E-state index in [1.54, 1.807) is 6.07 Å². The number of morpholine rings is 1. The Morgan fingerprint density at radius 1 is 1.21 bits per heavy atom. The van der Waals surface area contributed by atoms with Gasteiger partial charge < -0.3 is 20.3 Å². The van der Waals surface area contributed by atoms with Crippen molar-refractivity contribution in [1.29, 1.82) is 0 Å². The molecule has 34 heavy (non-hydrogen) atoms. The lowest BCUT2D eigenvalue weighted by atomic mass is 10.1. The van der Waals surface area contributed by atoms with Crippen molar-refractivity contribution in [3.63, 3.8) is 0 Å². The Morgan fingerprint density at radius 3 is 2.71 bits per heavy atom. The van der Waals surface area contributed by atoms with Crippen LogP contribution < -0.4 is 15.5 Å². The summed E-state index contributed by atoms with van der Waals surface area (Å²) >= 11 is 0. The number of pyridine rings is 1. The molecule has 2 bridgehead atoms. The number of aromatic nitrogens is 5. The Morgan fingerprint density at radius 2 is 2.06 bits per heavy atom. The SMILES string of the molecule is CC(=O)Nc1cc(Nc2ccnc(C(C)(F)F)n2)c(-c2ccc(N3C[C@@H]4C[C@H]3CO4)nn2)cn1. The zero-order valence-corrected chi connectivity index (χ0v) is 18.5. The molecule has 0 radical (unpaired) electrons. The molecule has 2 saturated heterocycles. The van der Waals surface area contributed by atoms with Gasteiger partial charge in [-0.1, -0.05) is 0 Å². The molecule has 0 saturated carbocycles. The Labute approximate surface area is 193 Å². The van der Waals surface area contributed by atoms with Crippen molar-refractivity contribution < 1.29 is 18.3 Å². The predicted octanol–water partition coefficient (Wildman–Crippen LogP) is 3.12. The average Bonchev–Trinajstić information content (AvgIpc) is 3.43. The van der Waals surface area contributed by atoms with Gasteiger partial charge in [-0.3, -0.25) is 4.79 Å². The number of hydrogen-bond donors (Lipinski definition) is 2. The van der Waals surface area contributed by atoms with Crippen molar-refractivity contribution in [3.05, 3.63) is 42.5 Å². The first-order chi connectivity index (χ1) is 16.3. The highest BCUT2D eigenvalue weighted by atomic mass is 19.3. The highest BCUT2D eigenvalue weighted by Gasteiger charge is 2.39. The molecule has 2 fully saturated rings. The molecule has 1 amide bonds. The molecule has 3 aromatic rings. The molecule has 0 aromatic carbocycles. The third-order valence-electron chi connectivity index (χ3n) is 5.64. The lowest BCUT2D eigenvalue weighted by Crippen LogP contribution is -2.37. The van der Waals surface area contributed by atoms with E-state index in [0.717, 1.165) is 25.7 Å². The highest BCUT2D eigenvalue weighted by Crippen LogP contribution is 2.34. The number of halogens is 2. The van der Waals surface area contributed by atoms with Crippen molar-refractivity contribution in [3.8, 4) is 11.3 Å². The lowest BCUT2D eigenvalue weighted by Gasteiger charge is -2.27. The van der Waals surface area contributed by atoms with E-state index >= 15 is 0 Å². The van der Waals surface area contributed by atoms with Gasteiger partial charge in [0.25, 0.3) is 0 Å². The van der Waals surface area contributed by atoms with Crippen molar-refractivity contribution in [2.75, 3.05) is 28.7 Å². The Kier molecular flexibility index (Phi) is 5.52. The number of carbonyl (C=O) groups is 1. The van der Waals surface area contributed by atoms with Crippen LogP contribution in [0.3, 0.4) is 0 Å². The van der Waals surface area contributed by atoms with Gasteiger partial charge in [-0.25, -0.2) is 15.0 Å². The van der Waals surface area contributed by atoms with Crippen molar-refractivity contribution >= 4 is 29.0 Å². The van der Waals surface area contributed by atoms with E-state index in [9.17, 15) is 13.6 Å². The third-order valence-corrected chi connectivity index (χ3v) is 5.64. The molecule has 12 heteroatoms. The van der Waals surface area contributed by atoms with Crippen LogP contribution >= 0.6 is 0 Å². The fraction of sp³-hybridized carbons (Fsp3) is 0.364. The van der Waals surface area contributed by atoms with Crippen LogP contribution in [0.15, 0.2) is 36.7 Å². The highest BCUT2D eigenvalue weighted by molar-refractivity contribution is 5.89. The second kappa shape index (κ2) is 8.52. The molecule has 5 rings (SSSR count). The van der Waals surface area contributed by atoms with E-state index in [4.69, 9.17) is 4.74 Å². The Balaban J connectivity index is 1.46. The first-order valence-electron chi connectivity index (χ1n) is 10.7. The fourth-order valence-electron chi connectivity index (χ4n) is 4.09. The van der Waals surface area contributed by atoms with Crippen LogP contribution in [-0.4, -0.2) is 56.4 Å². The summed E-state index contributed by atoms with van der Waals surface area (Å²) < 4.78 is 33.1. The van der Waals surface area contributed by atoms with E-state index < -0.39 is 11.7 Å². The zero-order valence-electron chi connectivity index (χ0n) is 18.5. The number of amides is 1. The number of carbonyl (C=O) groups excluding carboxylic acids is 1. The number of rotatable bonds is 6. The van der Waals surface area contributed by atoms with Crippen molar-refractivity contribution in [2.45, 2.75) is 38.3 Å². The quantitative estimate of drug-likeness (QED) is 0.562. The molecule has 0 aliphatic carbocycles. The van der Waals surface area contributed by atoms with Gasteiger partial charge >= 0.3 is 5.92 Å². The predicted molar refractivity (Wildman–Crippen MR) is 120 cm³/mol. The van der Waals surface area contributed by atoms with Crippen LogP contribution in [-0.2, 0) is 15.5 Å². The smallest absolute Gasteiger partial charge is 0.303 e. The normalized spacial score (nSPS) is 19.4. The molecular weight excluding hydrogens is 446 g/mol. The van der Waals surface area contributed by atoms with E-state index in [1.807, 2.05) is 12.1 Å². The first kappa shape index (κ1) is 22.0. The standard InChI is InChI=1S/C22H22F2N8O2/c1-12(33)27-19-8-17(28-18-5-6-25-21(29-18)22(2,23)24)15(9-26-19)16-3-4-20(31-30-16)32-10-14-7-13(32)11-34-14/h3-6,8-9,13-14H,7,10-11H2,1-2H3,(H2,25,26,27,28,29,33)/t13-,14-/m0/s1. The van der Waals surface area contributed by atoms with Crippen LogP contribution in [0.4, 0.5) is 31.9 Å². The Hall–Kier alpha value is -3.80. The topological polar surface area (TPSA) is 118 Å². The number of alkyl halides is 2. The molecular formula is C22H22F2N8O2. The van der Waals surface area contributed by atoms with Crippen LogP contribution in [0.5, 0.6) is 0 Å². The van der Waals surface area contributed by atoms with Crippen LogP contribution in [0.2, 0.25) is 0 Å². The minimum Gasteiger partial charge on any atom is -0.374 e. The van der Waals surface area contributed by atoms with Crippen LogP contribution in [0, 0.1) is 0 Å². The number of anilines is 4. The molecule has 176 valence electrons. The van der Waals surface area contributed by atoms with Gasteiger partial charge in [0.15, 0.2) is 5.82 Å². The van der Waals surface area contributed by atoms with Gasteiger partial charge in [-0.05, 0) is 24.6 Å². The molecule has 0 unspecified atom stereocenters. The maximum Gasteiger partial charge on any atom is 0.303 e. The second-order valence-electron chi connectivity index (χ2n) is 8.35. The van der Waals surface area contributed by atoms with E-state index in [1.165, 1.54) is 25.4 Å². The monoisotopic (exact) mass is 468 g/mol. The first-order valence-corrected chi connectivity index (χ1v) is 10.7. The summed E-state index contributed by atoms with van der Waals surface area (Å²) in [5.74, 6) is -2.89. The van der Waals surface area contributed by atoms with Gasteiger partial charge in [-0.2, -0.15) is 8.78 Å². The van der Waals surface area contributed by atoms with E-state index in [2.05, 4.69) is 40.7 Å². The summed E-state index contributed by atoms with van der Waals surface area (Å²) in [6.07, 6.45) is 4.00. The van der Waals surface area contributed by atoms with Crippen LogP contribution in [0.25, 0.3) is 11.3 Å². The number of nitrogens with zero attached hydrogens (tertiary/aromatic N) is 6. The molecule has 2 atom stereocenters. The summed E-state index contributed by atoms with van der Waals surface area (Å²) in [6.45, 7) is 3.57. The average molecular weight is 468 g/mol. The second-order valence-corrected chi connectivity index (χ2v) is 8.35. The molecule has 5 heterocycles. The largest absolute Gasteiger partial charge is 0.374 e. The minimum absolute atomic E-state index is 0.158. The van der Waals surface area contributed by atoms with E-state index in [-0.39, 0.29) is 23.6 Å². The molecule has 3 aromatic heterocycles. The summed E-state index contributed by atoms with van der Waals surface area (Å²) in [4.78, 5) is 25.5. The van der Waals surface area contributed by atoms with Gasteiger partial charge in [-0.15, -0.1) is 10.2 Å². The van der Waals surface area contributed by atoms with Crippen molar-refractivity contribution in [2.24, 2.45) is 0 Å². The number of ether oxygens (including phenoxy) is 1. The van der Waals surface area contributed by atoms with Gasteiger partial charge in [0.1, 0.15) is 11.6 Å². The van der Waals surface area contributed by atoms with Crippen LogP contribution in [0.1, 0.15) is 26.1 Å². The molecule has 2 aliphatic rings. The number of hydrogen-bond acceptors (Lipinski definition) is 9. The number of nitrogens with one attached hydrogen (secondary N) is 2. The molecule has 10 nitrogen and oxygen atoms in total. The summed E-state index contributed by atoms with van der Waals surface area (Å²) in [6, 6.07) is 7.06. The fourth-order valence-corrected chi connectivity index (χ4v) is 4.09. The summed E-state index contributed by atoms with van der Waals surface area (Å²) in [7, 11) is 0. The third kappa shape index (κ3) is 4.49. The van der Waals surface area contributed by atoms with Gasteiger partial charge in [0.05, 0.1) is 30.1 Å². The Bertz CT molecular complexity index is 1220. The minimum atomic E-state index is -3.19. The van der Waals surface area contributed by atoms with Crippen molar-refractivity contribution in [1.82, 2.24) is 25.1 Å². The van der Waals surface area contributed by atoms with E-state index in [0.29, 0.717) is 29.6 Å². The molecule has 2 N–H and O–H groups in total.